The van der Waals surface area contributed by atoms with E-state index in [2.05, 4.69) is 0 Å². The van der Waals surface area contributed by atoms with Gasteiger partial charge in [0, 0.05) is 13.2 Å². The highest BCUT2D eigenvalue weighted by Gasteiger charge is 2.25. The normalized spacial score (nSPS) is 20.7. The number of rotatable bonds is 3. The van der Waals surface area contributed by atoms with Crippen molar-refractivity contribution < 1.29 is 8.42 Å². The molecule has 0 amide bonds. The zero-order valence-electron chi connectivity index (χ0n) is 8.38. The average Bonchev–Trinajstić information content (AvgIpc) is 2.04. The molecule has 1 aliphatic rings. The molecule has 0 saturated heterocycles. The van der Waals surface area contributed by atoms with Crippen LogP contribution >= 0.6 is 12.4 Å². The Balaban J connectivity index is 0.00000169. The average molecular weight is 238 g/mol. The van der Waals surface area contributed by atoms with Gasteiger partial charge in [-0.15, -0.1) is 12.4 Å². The fraction of sp³-hybridized carbons (Fsp3) is 0.556. The van der Waals surface area contributed by atoms with E-state index in [1.807, 2.05) is 13.0 Å². The van der Waals surface area contributed by atoms with Crippen LogP contribution in [0.5, 0.6) is 0 Å². The first-order valence-corrected chi connectivity index (χ1v) is 6.08. The van der Waals surface area contributed by atoms with Crippen LogP contribution in [0.3, 0.4) is 0 Å². The predicted molar refractivity (Wildman–Crippen MR) is 61.2 cm³/mol. The third kappa shape index (κ3) is 3.03. The number of likely N-dealkylation sites (N-methyl/N-ethyl adjacent to an activating group) is 1. The summed E-state index contributed by atoms with van der Waals surface area (Å²) in [5.41, 5.74) is 0. The van der Waals surface area contributed by atoms with Gasteiger partial charge in [0.05, 0.1) is 5.75 Å². The Morgan fingerprint density at radius 3 is 2.50 bits per heavy atom. The molecule has 14 heavy (non-hydrogen) atoms. The van der Waals surface area contributed by atoms with Gasteiger partial charge in [-0.25, -0.2) is 8.42 Å². The fourth-order valence-electron chi connectivity index (χ4n) is 1.34. The van der Waals surface area contributed by atoms with Crippen LogP contribution in [0.2, 0.25) is 0 Å². The summed E-state index contributed by atoms with van der Waals surface area (Å²) in [4.78, 5) is 1.71. The Labute approximate surface area is 91.8 Å². The van der Waals surface area contributed by atoms with Gasteiger partial charge in [-0.3, -0.25) is 0 Å². The van der Waals surface area contributed by atoms with Gasteiger partial charge in [-0.1, -0.05) is 13.0 Å². The lowest BCUT2D eigenvalue weighted by Crippen LogP contribution is -2.35. The summed E-state index contributed by atoms with van der Waals surface area (Å²) < 4.78 is 23.3. The van der Waals surface area contributed by atoms with Crippen molar-refractivity contribution >= 4 is 22.2 Å². The quantitative estimate of drug-likeness (QED) is 0.748. The van der Waals surface area contributed by atoms with E-state index in [9.17, 15) is 8.42 Å². The molecule has 0 aromatic rings. The predicted octanol–water partition coefficient (Wildman–Crippen LogP) is 1.57. The highest BCUT2D eigenvalue weighted by Crippen LogP contribution is 2.13. The van der Waals surface area contributed by atoms with Crippen molar-refractivity contribution in [2.45, 2.75) is 18.7 Å². The van der Waals surface area contributed by atoms with Gasteiger partial charge in [-0.05, 0) is 18.6 Å². The summed E-state index contributed by atoms with van der Waals surface area (Å²) in [6, 6.07) is 0. The molecule has 0 N–H and O–H groups in total. The molecule has 0 saturated carbocycles. The van der Waals surface area contributed by atoms with E-state index < -0.39 is 15.2 Å². The standard InChI is InChI=1S/C9H15NO2S.ClH/c1-3-8-13(11,12)9-6-4-5-7-10(9)2;/h4-7,9H,3,8H2,1-2H3;1H. The van der Waals surface area contributed by atoms with Crippen molar-refractivity contribution in [1.29, 1.82) is 0 Å². The molecule has 3 nitrogen and oxygen atoms in total. The van der Waals surface area contributed by atoms with Gasteiger partial charge in [0.15, 0.2) is 9.84 Å². The van der Waals surface area contributed by atoms with Crippen LogP contribution < -0.4 is 0 Å². The largest absolute Gasteiger partial charge is 0.361 e. The van der Waals surface area contributed by atoms with Crippen molar-refractivity contribution in [2.75, 3.05) is 12.8 Å². The number of halogens is 1. The summed E-state index contributed by atoms with van der Waals surface area (Å²) in [6.45, 7) is 1.87. The number of hydrogen-bond donors (Lipinski definition) is 0. The van der Waals surface area contributed by atoms with Crippen molar-refractivity contribution in [3.8, 4) is 0 Å². The minimum absolute atomic E-state index is 0. The van der Waals surface area contributed by atoms with E-state index in [4.69, 9.17) is 0 Å². The molecule has 0 radical (unpaired) electrons. The minimum atomic E-state index is -2.99. The monoisotopic (exact) mass is 237 g/mol. The van der Waals surface area contributed by atoms with E-state index >= 15 is 0 Å². The highest BCUT2D eigenvalue weighted by atomic mass is 35.5. The van der Waals surface area contributed by atoms with Crippen LogP contribution in [0, 0.1) is 0 Å². The van der Waals surface area contributed by atoms with Crippen LogP contribution in [0.4, 0.5) is 0 Å². The molecule has 0 aromatic carbocycles. The molecule has 1 rings (SSSR count). The van der Waals surface area contributed by atoms with Crippen LogP contribution in [-0.2, 0) is 9.84 Å². The van der Waals surface area contributed by atoms with E-state index in [1.165, 1.54) is 0 Å². The molecule has 0 aliphatic carbocycles. The maximum Gasteiger partial charge on any atom is 0.174 e. The number of allylic oxidation sites excluding steroid dienone is 2. The summed E-state index contributed by atoms with van der Waals surface area (Å²) in [5.74, 6) is 0.250. The molecule has 1 heterocycles. The second-order valence-electron chi connectivity index (χ2n) is 3.15. The smallest absolute Gasteiger partial charge is 0.174 e. The zero-order chi connectivity index (χ0) is 9.90. The summed E-state index contributed by atoms with van der Waals surface area (Å²) in [6.07, 6.45) is 7.77. The van der Waals surface area contributed by atoms with E-state index in [1.54, 1.807) is 30.3 Å². The topological polar surface area (TPSA) is 37.4 Å². The maximum atomic E-state index is 11.7. The molecule has 1 aliphatic heterocycles. The van der Waals surface area contributed by atoms with Crippen molar-refractivity contribution in [3.05, 3.63) is 24.4 Å². The van der Waals surface area contributed by atoms with Gasteiger partial charge in [0.25, 0.3) is 0 Å². The number of hydrogen-bond acceptors (Lipinski definition) is 3. The second-order valence-corrected chi connectivity index (χ2v) is 5.37. The first-order chi connectivity index (χ1) is 6.08. The Kier molecular flexibility index (Phi) is 5.23. The van der Waals surface area contributed by atoms with Crippen LogP contribution in [0.1, 0.15) is 13.3 Å². The molecule has 0 bridgehead atoms. The van der Waals surface area contributed by atoms with E-state index in [0.29, 0.717) is 6.42 Å². The highest BCUT2D eigenvalue weighted by molar-refractivity contribution is 7.92. The third-order valence-corrected chi connectivity index (χ3v) is 4.17. The lowest BCUT2D eigenvalue weighted by Gasteiger charge is -2.25. The van der Waals surface area contributed by atoms with Gasteiger partial charge in [0.1, 0.15) is 5.37 Å². The molecule has 0 aromatic heterocycles. The third-order valence-electron chi connectivity index (χ3n) is 1.97. The fourth-order valence-corrected chi connectivity index (χ4v) is 3.06. The molecule has 0 fully saturated rings. The molecular formula is C9H16ClNO2S. The Bertz CT molecular complexity index is 322. The molecule has 1 atom stereocenters. The van der Waals surface area contributed by atoms with Gasteiger partial charge >= 0.3 is 0 Å². The molecule has 0 spiro atoms. The Hall–Kier alpha value is -0.480. The van der Waals surface area contributed by atoms with E-state index in [-0.39, 0.29) is 18.2 Å². The first kappa shape index (κ1) is 13.5. The minimum Gasteiger partial charge on any atom is -0.361 e. The molecular weight excluding hydrogens is 222 g/mol. The SMILES string of the molecule is CCCS(=O)(=O)C1C=CC=CN1C.Cl. The second kappa shape index (κ2) is 5.41. The van der Waals surface area contributed by atoms with Crippen molar-refractivity contribution in [3.63, 3.8) is 0 Å². The van der Waals surface area contributed by atoms with Crippen LogP contribution in [0.25, 0.3) is 0 Å². The summed E-state index contributed by atoms with van der Waals surface area (Å²) in [7, 11) is -1.22. The maximum absolute atomic E-state index is 11.7. The van der Waals surface area contributed by atoms with Crippen LogP contribution in [-0.4, -0.2) is 31.5 Å². The van der Waals surface area contributed by atoms with Gasteiger partial charge < -0.3 is 4.90 Å². The molecule has 82 valence electrons. The number of sulfone groups is 1. The Morgan fingerprint density at radius 1 is 1.36 bits per heavy atom. The number of nitrogens with zero attached hydrogens (tertiary/aromatic N) is 1. The Morgan fingerprint density at radius 2 is 2.00 bits per heavy atom. The summed E-state index contributed by atoms with van der Waals surface area (Å²) >= 11 is 0. The summed E-state index contributed by atoms with van der Waals surface area (Å²) in [5, 5.41) is -0.475. The lowest BCUT2D eigenvalue weighted by atomic mass is 10.4. The molecule has 1 unspecified atom stereocenters. The molecule has 5 heteroatoms. The van der Waals surface area contributed by atoms with E-state index in [0.717, 1.165) is 0 Å². The van der Waals surface area contributed by atoms with Crippen LogP contribution in [0.15, 0.2) is 24.4 Å². The first-order valence-electron chi connectivity index (χ1n) is 4.36. The van der Waals surface area contributed by atoms with Crippen molar-refractivity contribution in [1.82, 2.24) is 4.90 Å². The van der Waals surface area contributed by atoms with Gasteiger partial charge in [0.2, 0.25) is 0 Å². The van der Waals surface area contributed by atoms with Crippen molar-refractivity contribution in [2.24, 2.45) is 0 Å². The zero-order valence-corrected chi connectivity index (χ0v) is 10.0. The lowest BCUT2D eigenvalue weighted by molar-refractivity contribution is 0.444. The van der Waals surface area contributed by atoms with Gasteiger partial charge in [-0.2, -0.15) is 0 Å².